The van der Waals surface area contributed by atoms with E-state index in [1.165, 1.54) is 12.3 Å². The number of halogens is 4. The number of aromatic nitrogens is 2. The molecule has 3 rings (SSSR count). The van der Waals surface area contributed by atoms with Crippen molar-refractivity contribution >= 4 is 41.0 Å². The van der Waals surface area contributed by atoms with E-state index in [0.29, 0.717) is 6.07 Å². The number of rotatable bonds is 2. The number of carbonyl (C=O) groups is 1. The van der Waals surface area contributed by atoms with Crippen LogP contribution in [-0.4, -0.2) is 20.6 Å². The zero-order valence-corrected chi connectivity index (χ0v) is 13.2. The molecule has 0 radical (unpaired) electrons. The fourth-order valence-electron chi connectivity index (χ4n) is 2.20. The van der Waals surface area contributed by atoms with Crippen molar-refractivity contribution < 1.29 is 18.7 Å². The second-order valence-electron chi connectivity index (χ2n) is 4.67. The third-order valence-corrected chi connectivity index (χ3v) is 3.42. The Labute approximate surface area is 144 Å². The SMILES string of the molecule is Cl.O=C(O)c1cn(-c2ccc(F)cc2F)c2ncc(Cl)cc2c1=O. The van der Waals surface area contributed by atoms with Crippen LogP contribution in [0.15, 0.2) is 41.5 Å². The molecule has 0 spiro atoms. The summed E-state index contributed by atoms with van der Waals surface area (Å²) in [7, 11) is 0. The van der Waals surface area contributed by atoms with Gasteiger partial charge in [-0.2, -0.15) is 0 Å². The normalized spacial score (nSPS) is 10.5. The van der Waals surface area contributed by atoms with E-state index in [9.17, 15) is 18.4 Å². The number of hydrogen-bond donors (Lipinski definition) is 1. The van der Waals surface area contributed by atoms with Gasteiger partial charge in [0, 0.05) is 18.5 Å². The Morgan fingerprint density at radius 1 is 1.25 bits per heavy atom. The molecule has 3 aromatic rings. The van der Waals surface area contributed by atoms with E-state index in [1.54, 1.807) is 0 Å². The molecular formula is C15H8Cl2F2N2O3. The molecule has 1 N–H and O–H groups in total. The van der Waals surface area contributed by atoms with E-state index in [1.807, 2.05) is 0 Å². The average Bonchev–Trinajstić information content (AvgIpc) is 2.48. The molecule has 1 aromatic carbocycles. The average molecular weight is 373 g/mol. The first-order valence-corrected chi connectivity index (χ1v) is 6.66. The molecule has 0 atom stereocenters. The minimum Gasteiger partial charge on any atom is -0.477 e. The number of pyridine rings is 2. The molecular weight excluding hydrogens is 365 g/mol. The van der Waals surface area contributed by atoms with Crippen molar-refractivity contribution in [3.05, 3.63) is 69.1 Å². The van der Waals surface area contributed by atoms with E-state index in [-0.39, 0.29) is 34.2 Å². The molecule has 0 aliphatic heterocycles. The van der Waals surface area contributed by atoms with Crippen molar-refractivity contribution in [3.63, 3.8) is 0 Å². The highest BCUT2D eigenvalue weighted by Crippen LogP contribution is 2.21. The fourth-order valence-corrected chi connectivity index (χ4v) is 2.36. The lowest BCUT2D eigenvalue weighted by Gasteiger charge is -2.12. The van der Waals surface area contributed by atoms with Crippen LogP contribution in [0.25, 0.3) is 16.7 Å². The zero-order valence-electron chi connectivity index (χ0n) is 11.7. The van der Waals surface area contributed by atoms with Crippen molar-refractivity contribution in [2.75, 3.05) is 0 Å². The number of benzene rings is 1. The van der Waals surface area contributed by atoms with Crippen LogP contribution in [0, 0.1) is 11.6 Å². The number of nitrogens with zero attached hydrogens (tertiary/aromatic N) is 2. The minimum atomic E-state index is -1.48. The van der Waals surface area contributed by atoms with Crippen LogP contribution in [-0.2, 0) is 0 Å². The second-order valence-corrected chi connectivity index (χ2v) is 5.10. The maximum Gasteiger partial charge on any atom is 0.341 e. The molecule has 0 amide bonds. The van der Waals surface area contributed by atoms with E-state index in [0.717, 1.165) is 22.9 Å². The Morgan fingerprint density at radius 2 is 1.96 bits per heavy atom. The van der Waals surface area contributed by atoms with Gasteiger partial charge in [-0.25, -0.2) is 18.6 Å². The first kappa shape index (κ1) is 17.8. The lowest BCUT2D eigenvalue weighted by molar-refractivity contribution is 0.0695. The van der Waals surface area contributed by atoms with Crippen molar-refractivity contribution in [1.82, 2.24) is 9.55 Å². The molecule has 0 fully saturated rings. The summed E-state index contributed by atoms with van der Waals surface area (Å²) in [6, 6.07) is 4.03. The smallest absolute Gasteiger partial charge is 0.341 e. The van der Waals surface area contributed by atoms with E-state index in [2.05, 4.69) is 4.98 Å². The lowest BCUT2D eigenvalue weighted by Crippen LogP contribution is -2.19. The molecule has 2 heterocycles. The van der Waals surface area contributed by atoms with Crippen LogP contribution in [0.5, 0.6) is 0 Å². The number of carboxylic acids is 1. The quantitative estimate of drug-likeness (QED) is 0.747. The first-order chi connectivity index (χ1) is 10.9. The van der Waals surface area contributed by atoms with E-state index < -0.39 is 28.6 Å². The maximum atomic E-state index is 14.0. The zero-order chi connectivity index (χ0) is 16.7. The van der Waals surface area contributed by atoms with Crippen LogP contribution >= 0.6 is 24.0 Å². The minimum absolute atomic E-state index is 0. The van der Waals surface area contributed by atoms with Gasteiger partial charge in [-0.3, -0.25) is 9.36 Å². The number of fused-ring (bicyclic) bond motifs is 1. The highest BCUT2D eigenvalue weighted by atomic mass is 35.5. The fraction of sp³-hybridized carbons (Fsp3) is 0. The van der Waals surface area contributed by atoms with Crippen molar-refractivity contribution in [2.24, 2.45) is 0 Å². The van der Waals surface area contributed by atoms with Gasteiger partial charge in [0.25, 0.3) is 0 Å². The van der Waals surface area contributed by atoms with Crippen LogP contribution in [0.1, 0.15) is 10.4 Å². The third kappa shape index (κ3) is 2.95. The largest absolute Gasteiger partial charge is 0.477 e. The van der Waals surface area contributed by atoms with Gasteiger partial charge in [0.2, 0.25) is 5.43 Å². The monoisotopic (exact) mass is 372 g/mol. The number of carboxylic acid groups (broad SMARTS) is 1. The van der Waals surface area contributed by atoms with Gasteiger partial charge in [-0.15, -0.1) is 12.4 Å². The van der Waals surface area contributed by atoms with Crippen molar-refractivity contribution in [2.45, 2.75) is 0 Å². The van der Waals surface area contributed by atoms with Gasteiger partial charge in [0.05, 0.1) is 16.1 Å². The van der Waals surface area contributed by atoms with E-state index >= 15 is 0 Å². The molecule has 0 saturated carbocycles. The molecule has 0 aliphatic rings. The van der Waals surface area contributed by atoms with Crippen LogP contribution in [0.4, 0.5) is 8.78 Å². The summed E-state index contributed by atoms with van der Waals surface area (Å²) in [6.07, 6.45) is 2.19. The summed E-state index contributed by atoms with van der Waals surface area (Å²) in [5.74, 6) is -3.19. The molecule has 0 bridgehead atoms. The number of aromatic carboxylic acids is 1. The van der Waals surface area contributed by atoms with Crippen molar-refractivity contribution in [1.29, 1.82) is 0 Å². The van der Waals surface area contributed by atoms with Gasteiger partial charge in [-0.1, -0.05) is 11.6 Å². The number of hydrogen-bond acceptors (Lipinski definition) is 3. The molecule has 0 aliphatic carbocycles. The van der Waals surface area contributed by atoms with Crippen molar-refractivity contribution in [3.8, 4) is 5.69 Å². The molecule has 5 nitrogen and oxygen atoms in total. The molecule has 124 valence electrons. The second kappa shape index (κ2) is 6.54. The predicted octanol–water partition coefficient (Wildman–Crippen LogP) is 3.44. The summed E-state index contributed by atoms with van der Waals surface area (Å²) in [5, 5.41) is 9.20. The summed E-state index contributed by atoms with van der Waals surface area (Å²) in [5.41, 5.74) is -1.50. The van der Waals surface area contributed by atoms with Crippen LogP contribution in [0.2, 0.25) is 5.02 Å². The van der Waals surface area contributed by atoms with Crippen LogP contribution in [0.3, 0.4) is 0 Å². The predicted molar refractivity (Wildman–Crippen MR) is 86.5 cm³/mol. The van der Waals surface area contributed by atoms with Gasteiger partial charge in [0.15, 0.2) is 0 Å². The maximum absolute atomic E-state index is 14.0. The van der Waals surface area contributed by atoms with Gasteiger partial charge in [-0.05, 0) is 18.2 Å². The molecule has 9 heteroatoms. The molecule has 24 heavy (non-hydrogen) atoms. The Morgan fingerprint density at radius 3 is 2.58 bits per heavy atom. The highest BCUT2D eigenvalue weighted by molar-refractivity contribution is 6.31. The summed E-state index contributed by atoms with van der Waals surface area (Å²) < 4.78 is 28.2. The summed E-state index contributed by atoms with van der Waals surface area (Å²) >= 11 is 5.79. The summed E-state index contributed by atoms with van der Waals surface area (Å²) in [6.45, 7) is 0. The first-order valence-electron chi connectivity index (χ1n) is 6.28. The van der Waals surface area contributed by atoms with Crippen LogP contribution < -0.4 is 5.43 Å². The Kier molecular flexibility index (Phi) is 4.86. The van der Waals surface area contributed by atoms with Gasteiger partial charge >= 0.3 is 5.97 Å². The lowest BCUT2D eigenvalue weighted by atomic mass is 10.1. The van der Waals surface area contributed by atoms with Gasteiger partial charge in [0.1, 0.15) is 22.8 Å². The van der Waals surface area contributed by atoms with Gasteiger partial charge < -0.3 is 5.11 Å². The molecule has 2 aromatic heterocycles. The molecule has 0 saturated heterocycles. The van der Waals surface area contributed by atoms with E-state index in [4.69, 9.17) is 16.7 Å². The third-order valence-electron chi connectivity index (χ3n) is 3.21. The Hall–Kier alpha value is -2.51. The molecule has 0 unspecified atom stereocenters. The topological polar surface area (TPSA) is 72.2 Å². The standard InChI is InChI=1S/C15H7ClF2N2O3.ClH/c16-7-3-9-13(21)10(15(22)23)6-20(14(9)19-5-7)12-2-1-8(17)4-11(12)18;/h1-6H,(H,22,23);1H. The highest BCUT2D eigenvalue weighted by Gasteiger charge is 2.18. The Bertz CT molecular complexity index is 1020. The summed E-state index contributed by atoms with van der Waals surface area (Å²) in [4.78, 5) is 27.4. The Balaban J connectivity index is 0.00000208.